The number of fused-ring (bicyclic) bond motifs is 2. The van der Waals surface area contributed by atoms with E-state index in [0.717, 1.165) is 33.6 Å². The molecule has 0 N–H and O–H groups in total. The van der Waals surface area contributed by atoms with E-state index in [1.54, 1.807) is 0 Å². The van der Waals surface area contributed by atoms with E-state index in [4.69, 9.17) is 0 Å². The summed E-state index contributed by atoms with van der Waals surface area (Å²) in [7, 11) is 0. The number of hydrogen-bond acceptors (Lipinski definition) is 2. The van der Waals surface area contributed by atoms with Gasteiger partial charge in [-0.25, -0.2) is 9.97 Å². The second kappa shape index (κ2) is 8.38. The Morgan fingerprint density at radius 1 is 0.469 bits per heavy atom. The fourth-order valence-corrected chi connectivity index (χ4v) is 3.51. The van der Waals surface area contributed by atoms with Crippen LogP contribution in [0.1, 0.15) is 33.6 Å². The minimum Gasteiger partial charge on any atom is -0.248 e. The third-order valence-corrected chi connectivity index (χ3v) is 5.29. The molecule has 0 spiro atoms. The fraction of sp³-hybridized carbons (Fsp3) is 0.0667. The van der Waals surface area contributed by atoms with Crippen molar-refractivity contribution in [1.82, 2.24) is 9.97 Å². The van der Waals surface area contributed by atoms with Gasteiger partial charge in [0, 0.05) is 23.5 Å². The minimum atomic E-state index is 0.781. The van der Waals surface area contributed by atoms with E-state index < -0.39 is 0 Å². The summed E-state index contributed by atoms with van der Waals surface area (Å²) in [6.07, 6.45) is 3.68. The molecule has 0 unspecified atom stereocenters. The second-order valence-corrected chi connectivity index (χ2v) is 7.92. The number of aromatic nitrogens is 2. The van der Waals surface area contributed by atoms with Crippen molar-refractivity contribution in [2.45, 2.75) is 13.8 Å². The van der Waals surface area contributed by atoms with Gasteiger partial charge < -0.3 is 0 Å². The number of rotatable bonds is 0. The molecule has 2 aromatic heterocycles. The zero-order valence-corrected chi connectivity index (χ0v) is 18.0. The van der Waals surface area contributed by atoms with E-state index in [9.17, 15) is 0 Å². The molecule has 2 heteroatoms. The van der Waals surface area contributed by atoms with Crippen molar-refractivity contribution in [3.05, 3.63) is 119 Å². The van der Waals surface area contributed by atoms with E-state index in [0.29, 0.717) is 0 Å². The highest BCUT2D eigenvalue weighted by molar-refractivity contribution is 5.99. The van der Waals surface area contributed by atoms with Crippen LogP contribution in [0.4, 0.5) is 0 Å². The van der Waals surface area contributed by atoms with Crippen molar-refractivity contribution in [2.75, 3.05) is 0 Å². The molecule has 0 radical (unpaired) electrons. The van der Waals surface area contributed by atoms with Crippen molar-refractivity contribution in [3.8, 4) is 23.7 Å². The summed E-state index contributed by atoms with van der Waals surface area (Å²) in [6, 6.07) is 25.0. The molecule has 0 aliphatic carbocycles. The number of hydrogen-bond donors (Lipinski definition) is 0. The monoisotopic (exact) mass is 408 g/mol. The first-order valence-electron chi connectivity index (χ1n) is 10.5. The smallest absolute Gasteiger partial charge is 0.113 e. The standard InChI is InChI=1S/C30H20N2/c1-21-3-11-29(31-19-21)13-7-23-5-9-25-18-28-16-24(6-10-26(28)17-27(25)15-23)8-14-30-12-4-22(2)20-32-30/h3-6,9-12,15-20H,1-2H3. The quantitative estimate of drug-likeness (QED) is 0.225. The molecule has 0 saturated carbocycles. The van der Waals surface area contributed by atoms with Crippen LogP contribution in [0.15, 0.2) is 85.2 Å². The predicted molar refractivity (Wildman–Crippen MR) is 131 cm³/mol. The summed E-state index contributed by atoms with van der Waals surface area (Å²) >= 11 is 0. The molecule has 0 fully saturated rings. The molecular weight excluding hydrogens is 388 g/mol. The lowest BCUT2D eigenvalue weighted by atomic mass is 10.00. The number of aryl methyl sites for hydroxylation is 2. The average Bonchev–Trinajstić information content (AvgIpc) is 2.82. The van der Waals surface area contributed by atoms with Gasteiger partial charge in [-0.2, -0.15) is 0 Å². The maximum atomic E-state index is 4.35. The van der Waals surface area contributed by atoms with Crippen LogP contribution in [0, 0.1) is 37.5 Å². The zero-order chi connectivity index (χ0) is 21.9. The van der Waals surface area contributed by atoms with Crippen molar-refractivity contribution >= 4 is 21.5 Å². The Morgan fingerprint density at radius 2 is 0.938 bits per heavy atom. The summed E-state index contributed by atoms with van der Waals surface area (Å²) < 4.78 is 0. The average molecular weight is 409 g/mol. The maximum Gasteiger partial charge on any atom is 0.113 e. The highest BCUT2D eigenvalue weighted by atomic mass is 14.7. The van der Waals surface area contributed by atoms with Gasteiger partial charge in [0.15, 0.2) is 0 Å². The van der Waals surface area contributed by atoms with Crippen LogP contribution >= 0.6 is 0 Å². The Labute approximate surface area is 188 Å². The Morgan fingerprint density at radius 3 is 1.34 bits per heavy atom. The molecule has 0 amide bonds. The van der Waals surface area contributed by atoms with Gasteiger partial charge in [0.25, 0.3) is 0 Å². The lowest BCUT2D eigenvalue weighted by molar-refractivity contribution is 1.24. The zero-order valence-electron chi connectivity index (χ0n) is 18.0. The van der Waals surface area contributed by atoms with Gasteiger partial charge in [0.05, 0.1) is 0 Å². The molecule has 0 saturated heterocycles. The molecule has 5 rings (SSSR count). The first kappa shape index (κ1) is 19.6. The largest absolute Gasteiger partial charge is 0.248 e. The van der Waals surface area contributed by atoms with Gasteiger partial charge in [-0.05, 0) is 107 Å². The van der Waals surface area contributed by atoms with Gasteiger partial charge in [-0.1, -0.05) is 36.1 Å². The Kier molecular flexibility index (Phi) is 5.12. The molecular formula is C30H20N2. The molecule has 5 aromatic rings. The van der Waals surface area contributed by atoms with Gasteiger partial charge in [0.1, 0.15) is 11.4 Å². The van der Waals surface area contributed by atoms with Crippen LogP contribution in [0.5, 0.6) is 0 Å². The van der Waals surface area contributed by atoms with Crippen molar-refractivity contribution in [2.24, 2.45) is 0 Å². The normalized spacial score (nSPS) is 10.3. The van der Waals surface area contributed by atoms with Gasteiger partial charge in [-0.3, -0.25) is 0 Å². The predicted octanol–water partition coefficient (Wildman–Crippen LogP) is 6.20. The summed E-state index contributed by atoms with van der Waals surface area (Å²) in [5, 5.41) is 4.70. The third kappa shape index (κ3) is 4.36. The maximum absolute atomic E-state index is 4.35. The molecule has 0 atom stereocenters. The Bertz CT molecular complexity index is 1450. The van der Waals surface area contributed by atoms with Crippen molar-refractivity contribution < 1.29 is 0 Å². The van der Waals surface area contributed by atoms with Crippen molar-refractivity contribution in [1.29, 1.82) is 0 Å². The van der Waals surface area contributed by atoms with Gasteiger partial charge in [-0.15, -0.1) is 0 Å². The van der Waals surface area contributed by atoms with Crippen LogP contribution in [-0.4, -0.2) is 9.97 Å². The molecule has 0 bridgehead atoms. The molecule has 2 heterocycles. The Balaban J connectivity index is 1.46. The highest BCUT2D eigenvalue weighted by Crippen LogP contribution is 2.24. The second-order valence-electron chi connectivity index (χ2n) is 7.92. The summed E-state index contributed by atoms with van der Waals surface area (Å²) in [5.74, 6) is 12.8. The summed E-state index contributed by atoms with van der Waals surface area (Å²) in [4.78, 5) is 8.71. The van der Waals surface area contributed by atoms with Crippen LogP contribution in [0.3, 0.4) is 0 Å². The van der Waals surface area contributed by atoms with Crippen molar-refractivity contribution in [3.63, 3.8) is 0 Å². The van der Waals surface area contributed by atoms with Gasteiger partial charge in [0.2, 0.25) is 0 Å². The Hall–Kier alpha value is -4.40. The van der Waals surface area contributed by atoms with E-state index in [-0.39, 0.29) is 0 Å². The minimum absolute atomic E-state index is 0.781. The molecule has 150 valence electrons. The number of benzene rings is 3. The summed E-state index contributed by atoms with van der Waals surface area (Å²) in [5.41, 5.74) is 5.79. The van der Waals surface area contributed by atoms with Crippen LogP contribution in [-0.2, 0) is 0 Å². The first-order chi connectivity index (χ1) is 15.6. The van der Waals surface area contributed by atoms with Crippen LogP contribution in [0.2, 0.25) is 0 Å². The molecule has 32 heavy (non-hydrogen) atoms. The summed E-state index contributed by atoms with van der Waals surface area (Å²) in [6.45, 7) is 4.04. The van der Waals surface area contributed by atoms with E-state index >= 15 is 0 Å². The lowest BCUT2D eigenvalue weighted by Crippen LogP contribution is -1.84. The molecule has 0 aliphatic rings. The third-order valence-electron chi connectivity index (χ3n) is 5.29. The van der Waals surface area contributed by atoms with Crippen LogP contribution < -0.4 is 0 Å². The SMILES string of the molecule is Cc1ccc(C#Cc2ccc3cc4cc(C#Cc5ccc(C)cn5)ccc4cc3c2)nc1. The highest BCUT2D eigenvalue weighted by Gasteiger charge is 2.01. The first-order valence-corrected chi connectivity index (χ1v) is 10.5. The van der Waals surface area contributed by atoms with E-state index in [1.165, 1.54) is 21.5 Å². The molecule has 2 nitrogen and oxygen atoms in total. The van der Waals surface area contributed by atoms with E-state index in [2.05, 4.69) is 82.2 Å². The fourth-order valence-electron chi connectivity index (χ4n) is 3.51. The van der Waals surface area contributed by atoms with Crippen LogP contribution in [0.25, 0.3) is 21.5 Å². The molecule has 3 aromatic carbocycles. The number of pyridine rings is 2. The lowest BCUT2D eigenvalue weighted by Gasteiger charge is -2.04. The van der Waals surface area contributed by atoms with E-state index in [1.807, 2.05) is 50.5 Å². The topological polar surface area (TPSA) is 25.8 Å². The number of nitrogens with zero attached hydrogens (tertiary/aromatic N) is 2. The van der Waals surface area contributed by atoms with Gasteiger partial charge >= 0.3 is 0 Å². The molecule has 0 aliphatic heterocycles.